The Morgan fingerprint density at radius 2 is 1.88 bits per heavy atom. The van der Waals surface area contributed by atoms with Crippen molar-refractivity contribution in [3.05, 3.63) is 48.7 Å². The number of anilines is 3. The van der Waals surface area contributed by atoms with Crippen molar-refractivity contribution < 1.29 is 9.59 Å². The van der Waals surface area contributed by atoms with E-state index in [0.29, 0.717) is 30.5 Å². The number of likely N-dealkylation sites (tertiary alicyclic amines) is 1. The fraction of sp³-hybridized carbons (Fsp3) is 0.316. The van der Waals surface area contributed by atoms with Crippen LogP contribution in [0.4, 0.5) is 17.2 Å². The molecule has 1 saturated carbocycles. The van der Waals surface area contributed by atoms with Gasteiger partial charge in [0.05, 0.1) is 17.8 Å². The van der Waals surface area contributed by atoms with Crippen molar-refractivity contribution in [2.45, 2.75) is 25.3 Å². The van der Waals surface area contributed by atoms with Gasteiger partial charge in [0.1, 0.15) is 5.82 Å². The molecule has 0 unspecified atom stereocenters. The van der Waals surface area contributed by atoms with E-state index < -0.39 is 0 Å². The number of nitrogens with zero attached hydrogens (tertiary/aromatic N) is 2. The van der Waals surface area contributed by atoms with Gasteiger partial charge in [-0.3, -0.25) is 9.59 Å². The van der Waals surface area contributed by atoms with E-state index in [2.05, 4.69) is 15.6 Å². The summed E-state index contributed by atoms with van der Waals surface area (Å²) >= 11 is 0. The largest absolute Gasteiger partial charge is 0.340 e. The molecule has 1 atom stereocenters. The molecule has 0 radical (unpaired) electrons. The maximum absolute atomic E-state index is 12.4. The van der Waals surface area contributed by atoms with Crippen molar-refractivity contribution in [3.8, 4) is 0 Å². The lowest BCUT2D eigenvalue weighted by Gasteiger charge is -2.15. The highest BCUT2D eigenvalue weighted by atomic mass is 16.2. The van der Waals surface area contributed by atoms with Crippen molar-refractivity contribution in [1.82, 2.24) is 9.88 Å². The number of nitrogens with one attached hydrogen (secondary N) is 2. The first kappa shape index (κ1) is 15.6. The molecule has 0 spiro atoms. The number of carbonyl (C=O) groups excluding carboxylic acids is 2. The van der Waals surface area contributed by atoms with E-state index in [1.54, 1.807) is 6.20 Å². The van der Waals surface area contributed by atoms with Crippen LogP contribution in [0.15, 0.2) is 48.7 Å². The summed E-state index contributed by atoms with van der Waals surface area (Å²) in [5, 5.41) is 6.06. The fourth-order valence-corrected chi connectivity index (χ4v) is 3.10. The minimum absolute atomic E-state index is 0.100. The average Bonchev–Trinajstić information content (AvgIpc) is 3.39. The minimum Gasteiger partial charge on any atom is -0.340 e. The second kappa shape index (κ2) is 6.55. The first-order valence-corrected chi connectivity index (χ1v) is 8.57. The normalized spacial score (nSPS) is 19.8. The summed E-state index contributed by atoms with van der Waals surface area (Å²) in [5.74, 6) is 0.431. The number of rotatable bonds is 5. The zero-order valence-corrected chi connectivity index (χ0v) is 13.8. The number of amides is 2. The number of hydrogen-bond donors (Lipinski definition) is 2. The average molecular weight is 336 g/mol. The Balaban J connectivity index is 1.34. The summed E-state index contributed by atoms with van der Waals surface area (Å²) in [6.07, 6.45) is 4.07. The van der Waals surface area contributed by atoms with Gasteiger partial charge in [0, 0.05) is 24.7 Å². The molecule has 6 nitrogen and oxygen atoms in total. The van der Waals surface area contributed by atoms with Crippen molar-refractivity contribution in [2.75, 3.05) is 17.2 Å². The van der Waals surface area contributed by atoms with Crippen molar-refractivity contribution >= 4 is 29.0 Å². The predicted molar refractivity (Wildman–Crippen MR) is 95.4 cm³/mol. The molecule has 4 rings (SSSR count). The van der Waals surface area contributed by atoms with E-state index in [1.807, 2.05) is 47.4 Å². The number of pyridine rings is 1. The number of aromatic nitrogens is 1. The summed E-state index contributed by atoms with van der Waals surface area (Å²) in [7, 11) is 0. The van der Waals surface area contributed by atoms with E-state index in [1.165, 1.54) is 0 Å². The van der Waals surface area contributed by atoms with Crippen LogP contribution < -0.4 is 10.6 Å². The Morgan fingerprint density at radius 1 is 1.08 bits per heavy atom. The van der Waals surface area contributed by atoms with Gasteiger partial charge in [-0.25, -0.2) is 4.98 Å². The van der Waals surface area contributed by atoms with Crippen molar-refractivity contribution in [1.29, 1.82) is 0 Å². The van der Waals surface area contributed by atoms with E-state index in [-0.39, 0.29) is 17.7 Å². The van der Waals surface area contributed by atoms with Gasteiger partial charge in [0.15, 0.2) is 0 Å². The summed E-state index contributed by atoms with van der Waals surface area (Å²) in [6.45, 7) is 0.538. The number of benzene rings is 1. The van der Waals surface area contributed by atoms with Crippen molar-refractivity contribution in [3.63, 3.8) is 0 Å². The molecule has 0 bridgehead atoms. The Labute approximate surface area is 146 Å². The standard InChI is InChI=1S/C19H20N4O2/c24-18-10-13(12-23(18)16-7-8-16)19(25)22-15-6-9-17(20-11-15)21-14-4-2-1-3-5-14/h1-6,9,11,13,16H,7-8,10,12H2,(H,20,21)(H,22,25)/t13-/m1/s1. The van der Waals surface area contributed by atoms with Crippen LogP contribution in [-0.4, -0.2) is 34.3 Å². The van der Waals surface area contributed by atoms with Crippen LogP contribution in [0.25, 0.3) is 0 Å². The summed E-state index contributed by atoms with van der Waals surface area (Å²) < 4.78 is 0. The third kappa shape index (κ3) is 3.63. The second-order valence-corrected chi connectivity index (χ2v) is 6.59. The van der Waals surface area contributed by atoms with Crippen LogP contribution in [0.5, 0.6) is 0 Å². The van der Waals surface area contributed by atoms with Gasteiger partial charge in [-0.1, -0.05) is 18.2 Å². The molecule has 2 heterocycles. The lowest BCUT2D eigenvalue weighted by molar-refractivity contribution is -0.128. The molecule has 2 fully saturated rings. The zero-order valence-electron chi connectivity index (χ0n) is 13.8. The molecule has 6 heteroatoms. The van der Waals surface area contributed by atoms with Crippen LogP contribution in [-0.2, 0) is 9.59 Å². The SMILES string of the molecule is O=C(Nc1ccc(Nc2ccccc2)nc1)[C@@H]1CC(=O)N(C2CC2)C1. The Kier molecular flexibility index (Phi) is 4.09. The van der Waals surface area contributed by atoms with Crippen LogP contribution in [0.1, 0.15) is 19.3 Å². The summed E-state index contributed by atoms with van der Waals surface area (Å²) in [6, 6.07) is 13.8. The lowest BCUT2D eigenvalue weighted by atomic mass is 10.1. The lowest BCUT2D eigenvalue weighted by Crippen LogP contribution is -2.29. The van der Waals surface area contributed by atoms with Gasteiger partial charge in [0.2, 0.25) is 11.8 Å². The van der Waals surface area contributed by atoms with Crippen LogP contribution >= 0.6 is 0 Å². The van der Waals surface area contributed by atoms with Crippen LogP contribution in [0, 0.1) is 5.92 Å². The van der Waals surface area contributed by atoms with Crippen LogP contribution in [0.3, 0.4) is 0 Å². The Morgan fingerprint density at radius 3 is 2.56 bits per heavy atom. The third-order valence-electron chi connectivity index (χ3n) is 4.59. The molecule has 1 aliphatic heterocycles. The maximum Gasteiger partial charge on any atom is 0.229 e. The predicted octanol–water partition coefficient (Wildman–Crippen LogP) is 2.77. The molecule has 2 N–H and O–H groups in total. The highest BCUT2D eigenvalue weighted by molar-refractivity contribution is 5.97. The topological polar surface area (TPSA) is 74.3 Å². The van der Waals surface area contributed by atoms with E-state index in [9.17, 15) is 9.59 Å². The van der Waals surface area contributed by atoms with Gasteiger partial charge < -0.3 is 15.5 Å². The molecule has 1 aromatic carbocycles. The molecule has 1 aliphatic carbocycles. The molecule has 25 heavy (non-hydrogen) atoms. The van der Waals surface area contributed by atoms with E-state index in [0.717, 1.165) is 18.5 Å². The van der Waals surface area contributed by atoms with Gasteiger partial charge in [-0.15, -0.1) is 0 Å². The van der Waals surface area contributed by atoms with Gasteiger partial charge in [0.25, 0.3) is 0 Å². The monoisotopic (exact) mass is 336 g/mol. The number of carbonyl (C=O) groups is 2. The van der Waals surface area contributed by atoms with Gasteiger partial charge >= 0.3 is 0 Å². The maximum atomic E-state index is 12.4. The molecule has 1 saturated heterocycles. The molecular formula is C19H20N4O2. The smallest absolute Gasteiger partial charge is 0.229 e. The Hall–Kier alpha value is -2.89. The third-order valence-corrected chi connectivity index (χ3v) is 4.59. The second-order valence-electron chi connectivity index (χ2n) is 6.59. The number of para-hydroxylation sites is 1. The van der Waals surface area contributed by atoms with Crippen LogP contribution in [0.2, 0.25) is 0 Å². The summed E-state index contributed by atoms with van der Waals surface area (Å²) in [5.41, 5.74) is 1.59. The first-order valence-electron chi connectivity index (χ1n) is 8.57. The molecular weight excluding hydrogens is 316 g/mol. The molecule has 1 aromatic heterocycles. The molecule has 128 valence electrons. The molecule has 2 aromatic rings. The zero-order chi connectivity index (χ0) is 17.2. The molecule has 2 aliphatic rings. The highest BCUT2D eigenvalue weighted by Gasteiger charge is 2.41. The van der Waals surface area contributed by atoms with E-state index >= 15 is 0 Å². The first-order chi connectivity index (χ1) is 12.2. The highest BCUT2D eigenvalue weighted by Crippen LogP contribution is 2.33. The Bertz CT molecular complexity index is 772. The number of hydrogen-bond acceptors (Lipinski definition) is 4. The van der Waals surface area contributed by atoms with Crippen molar-refractivity contribution in [2.24, 2.45) is 5.92 Å². The molecule has 2 amide bonds. The quantitative estimate of drug-likeness (QED) is 0.880. The van der Waals surface area contributed by atoms with Gasteiger partial charge in [-0.2, -0.15) is 0 Å². The fourth-order valence-electron chi connectivity index (χ4n) is 3.10. The van der Waals surface area contributed by atoms with E-state index in [4.69, 9.17) is 0 Å². The minimum atomic E-state index is -0.268. The van der Waals surface area contributed by atoms with Gasteiger partial charge in [-0.05, 0) is 37.1 Å². The summed E-state index contributed by atoms with van der Waals surface area (Å²) in [4.78, 5) is 30.5.